The summed E-state index contributed by atoms with van der Waals surface area (Å²) in [6.07, 6.45) is 1.60. The Balaban J connectivity index is 1.44. The number of rotatable bonds is 7. The second-order valence-corrected chi connectivity index (χ2v) is 9.04. The second kappa shape index (κ2) is 10.2. The number of hydrogen-bond donors (Lipinski definition) is 1. The summed E-state index contributed by atoms with van der Waals surface area (Å²) in [4.78, 5) is 26.0. The van der Waals surface area contributed by atoms with Gasteiger partial charge in [0.15, 0.2) is 4.34 Å². The lowest BCUT2D eigenvalue weighted by Crippen LogP contribution is -2.37. The Kier molecular flexibility index (Phi) is 7.66. The lowest BCUT2D eigenvalue weighted by atomic mass is 9.95. The van der Waals surface area contributed by atoms with E-state index in [9.17, 15) is 9.59 Å². The van der Waals surface area contributed by atoms with Gasteiger partial charge in [0.1, 0.15) is 0 Å². The minimum absolute atomic E-state index is 0.0249. The van der Waals surface area contributed by atoms with Crippen LogP contribution in [0.2, 0.25) is 5.02 Å². The molecule has 1 N–H and O–H groups in total. The average molecular weight is 441 g/mol. The molecular formula is C18H21ClN4O3S2. The molecule has 28 heavy (non-hydrogen) atoms. The predicted octanol–water partition coefficient (Wildman–Crippen LogP) is 3.31. The predicted molar refractivity (Wildman–Crippen MR) is 111 cm³/mol. The highest BCUT2D eigenvalue weighted by molar-refractivity contribution is 8.01. The molecule has 7 nitrogen and oxygen atoms in total. The number of carbonyl (C=O) groups is 2. The van der Waals surface area contributed by atoms with E-state index in [1.165, 1.54) is 35.8 Å². The third kappa shape index (κ3) is 6.16. The molecule has 0 atom stereocenters. The summed E-state index contributed by atoms with van der Waals surface area (Å²) >= 11 is 8.54. The van der Waals surface area contributed by atoms with Crippen molar-refractivity contribution in [3.05, 3.63) is 34.9 Å². The van der Waals surface area contributed by atoms with Crippen molar-refractivity contribution in [3.8, 4) is 0 Å². The molecule has 1 aliphatic rings. The molecule has 0 spiro atoms. The van der Waals surface area contributed by atoms with Gasteiger partial charge >= 0.3 is 5.97 Å². The minimum atomic E-state index is -0.324. The van der Waals surface area contributed by atoms with Gasteiger partial charge < -0.3 is 10.1 Å². The van der Waals surface area contributed by atoms with E-state index >= 15 is 0 Å². The zero-order chi connectivity index (χ0) is 19.9. The molecule has 1 fully saturated rings. The van der Waals surface area contributed by atoms with E-state index in [1.54, 1.807) is 0 Å². The van der Waals surface area contributed by atoms with Crippen molar-refractivity contribution in [2.75, 3.05) is 31.3 Å². The van der Waals surface area contributed by atoms with Crippen molar-refractivity contribution in [1.82, 2.24) is 15.1 Å². The van der Waals surface area contributed by atoms with Crippen LogP contribution in [0.25, 0.3) is 0 Å². The number of piperidine rings is 1. The van der Waals surface area contributed by atoms with Gasteiger partial charge in [0.2, 0.25) is 11.0 Å². The summed E-state index contributed by atoms with van der Waals surface area (Å²) in [5.74, 6) is -0.214. The third-order valence-electron chi connectivity index (χ3n) is 4.43. The maximum absolute atomic E-state index is 12.5. The molecule has 1 saturated heterocycles. The van der Waals surface area contributed by atoms with Crippen LogP contribution >= 0.6 is 34.7 Å². The van der Waals surface area contributed by atoms with Crippen LogP contribution in [0.3, 0.4) is 0 Å². The molecule has 1 aliphatic heterocycles. The fourth-order valence-corrected chi connectivity index (χ4v) is 4.75. The lowest BCUT2D eigenvalue weighted by Gasteiger charge is -2.31. The molecule has 150 valence electrons. The van der Waals surface area contributed by atoms with Crippen LogP contribution in [0, 0.1) is 5.92 Å². The van der Waals surface area contributed by atoms with Gasteiger partial charge in [-0.25, -0.2) is 0 Å². The van der Waals surface area contributed by atoms with Gasteiger partial charge in [-0.15, -0.1) is 10.2 Å². The summed E-state index contributed by atoms with van der Waals surface area (Å²) < 4.78 is 5.21. The lowest BCUT2D eigenvalue weighted by molar-refractivity contribution is -0.137. The number of thioether (sulfide) groups is 1. The zero-order valence-electron chi connectivity index (χ0n) is 15.4. The molecule has 1 aromatic carbocycles. The van der Waals surface area contributed by atoms with Gasteiger partial charge in [-0.1, -0.05) is 46.8 Å². The summed E-state index contributed by atoms with van der Waals surface area (Å²) in [7, 11) is 1.34. The van der Waals surface area contributed by atoms with Crippen molar-refractivity contribution in [2.24, 2.45) is 5.92 Å². The summed E-state index contributed by atoms with van der Waals surface area (Å²) in [6, 6.07) is 7.87. The van der Waals surface area contributed by atoms with Crippen LogP contribution in [0.4, 0.5) is 5.13 Å². The van der Waals surface area contributed by atoms with E-state index in [0.29, 0.717) is 9.47 Å². The summed E-state index contributed by atoms with van der Waals surface area (Å²) in [5.41, 5.74) is 1.18. The van der Waals surface area contributed by atoms with Gasteiger partial charge in [-0.2, -0.15) is 0 Å². The normalized spacial score (nSPS) is 15.4. The highest BCUT2D eigenvalue weighted by Crippen LogP contribution is 2.27. The number of carbonyl (C=O) groups excluding carboxylic acids is 2. The Morgan fingerprint density at radius 3 is 2.86 bits per heavy atom. The number of nitrogens with zero attached hydrogens (tertiary/aromatic N) is 3. The number of methoxy groups -OCH3 is 1. The van der Waals surface area contributed by atoms with E-state index in [2.05, 4.69) is 31.2 Å². The van der Waals surface area contributed by atoms with Crippen molar-refractivity contribution in [3.63, 3.8) is 0 Å². The van der Waals surface area contributed by atoms with Crippen LogP contribution in [0.5, 0.6) is 0 Å². The number of likely N-dealkylation sites (tertiary alicyclic amines) is 1. The van der Waals surface area contributed by atoms with E-state index in [0.717, 1.165) is 37.5 Å². The largest absolute Gasteiger partial charge is 0.468 e. The number of anilines is 1. The van der Waals surface area contributed by atoms with Gasteiger partial charge in [0.25, 0.3) is 0 Å². The number of amides is 1. The Labute approximate surface area is 176 Å². The SMILES string of the molecule is COC(=O)CSc1nnc(NC(=O)C2CCN(Cc3cccc(Cl)c3)CC2)s1. The Hall–Kier alpha value is -1.68. The Morgan fingerprint density at radius 2 is 2.14 bits per heavy atom. The molecular weight excluding hydrogens is 420 g/mol. The van der Waals surface area contributed by atoms with Gasteiger partial charge in [-0.3, -0.25) is 14.5 Å². The summed E-state index contributed by atoms with van der Waals surface area (Å²) in [5, 5.41) is 12.0. The Morgan fingerprint density at radius 1 is 1.36 bits per heavy atom. The van der Waals surface area contributed by atoms with E-state index in [4.69, 9.17) is 11.6 Å². The molecule has 0 unspecified atom stereocenters. The number of halogens is 1. The molecule has 1 amide bonds. The van der Waals surface area contributed by atoms with Crippen LogP contribution in [-0.2, 0) is 20.9 Å². The highest BCUT2D eigenvalue weighted by Gasteiger charge is 2.26. The van der Waals surface area contributed by atoms with Crippen molar-refractivity contribution in [2.45, 2.75) is 23.7 Å². The highest BCUT2D eigenvalue weighted by atomic mass is 35.5. The number of nitrogens with one attached hydrogen (secondary N) is 1. The molecule has 10 heteroatoms. The van der Waals surface area contributed by atoms with Crippen molar-refractivity contribution < 1.29 is 14.3 Å². The number of esters is 1. The topological polar surface area (TPSA) is 84.4 Å². The van der Waals surface area contributed by atoms with Crippen LogP contribution in [0.15, 0.2) is 28.6 Å². The molecule has 1 aromatic heterocycles. The standard InChI is InChI=1S/C18H21ClN4O3S2/c1-26-15(24)11-27-18-22-21-17(28-18)20-16(25)13-5-7-23(8-6-13)10-12-3-2-4-14(19)9-12/h2-4,9,13H,5-8,10-11H2,1H3,(H,20,21,25). The average Bonchev–Trinajstić information content (AvgIpc) is 3.14. The van der Waals surface area contributed by atoms with E-state index in [1.807, 2.05) is 18.2 Å². The van der Waals surface area contributed by atoms with Crippen molar-refractivity contribution >= 4 is 51.7 Å². The quantitative estimate of drug-likeness (QED) is 0.401. The van der Waals surface area contributed by atoms with E-state index in [-0.39, 0.29) is 23.5 Å². The molecule has 0 aliphatic carbocycles. The number of aromatic nitrogens is 2. The molecule has 2 heterocycles. The maximum atomic E-state index is 12.5. The third-order valence-corrected chi connectivity index (χ3v) is 6.61. The van der Waals surface area contributed by atoms with Gasteiger partial charge in [0.05, 0.1) is 12.9 Å². The monoisotopic (exact) mass is 440 g/mol. The Bertz CT molecular complexity index is 825. The van der Waals surface area contributed by atoms with E-state index < -0.39 is 0 Å². The zero-order valence-corrected chi connectivity index (χ0v) is 17.8. The van der Waals surface area contributed by atoms with Crippen LogP contribution < -0.4 is 5.32 Å². The first-order valence-corrected chi connectivity index (χ1v) is 11.0. The molecule has 0 saturated carbocycles. The molecule has 0 radical (unpaired) electrons. The maximum Gasteiger partial charge on any atom is 0.316 e. The first kappa shape index (κ1) is 21.0. The van der Waals surface area contributed by atoms with Crippen LogP contribution in [-0.4, -0.2) is 52.9 Å². The molecule has 0 bridgehead atoms. The minimum Gasteiger partial charge on any atom is -0.468 e. The molecule has 2 aromatic rings. The first-order valence-electron chi connectivity index (χ1n) is 8.84. The number of hydrogen-bond acceptors (Lipinski definition) is 8. The first-order chi connectivity index (χ1) is 13.5. The van der Waals surface area contributed by atoms with Crippen molar-refractivity contribution in [1.29, 1.82) is 0 Å². The van der Waals surface area contributed by atoms with Crippen LogP contribution in [0.1, 0.15) is 18.4 Å². The van der Waals surface area contributed by atoms with Gasteiger partial charge in [0, 0.05) is 17.5 Å². The number of benzene rings is 1. The summed E-state index contributed by atoms with van der Waals surface area (Å²) in [6.45, 7) is 2.56. The van der Waals surface area contributed by atoms with Gasteiger partial charge in [-0.05, 0) is 43.6 Å². The number of ether oxygens (including phenoxy) is 1. The fourth-order valence-electron chi connectivity index (χ4n) is 2.95. The second-order valence-electron chi connectivity index (χ2n) is 6.41. The molecule has 3 rings (SSSR count). The fraction of sp³-hybridized carbons (Fsp3) is 0.444. The smallest absolute Gasteiger partial charge is 0.316 e.